The topological polar surface area (TPSA) is 12.5 Å². The fourth-order valence-electron chi connectivity index (χ4n) is 16.6. The maximum absolute atomic E-state index is 3.67. The molecule has 0 radical (unpaired) electrons. The Labute approximate surface area is 509 Å². The van der Waals surface area contributed by atoms with Gasteiger partial charge in [-0.3, -0.25) is 0 Å². The second-order valence-corrected chi connectivity index (χ2v) is 25.6. The van der Waals surface area contributed by atoms with Gasteiger partial charge in [0, 0.05) is 88.3 Å². The lowest BCUT2D eigenvalue weighted by atomic mass is 9.72. The van der Waals surface area contributed by atoms with Crippen LogP contribution in [0.2, 0.25) is 0 Å². The Kier molecular flexibility index (Phi) is 13.7. The number of fused-ring (bicyclic) bond motifs is 12. The standard InChI is InChI=1S/C82H78N4/c1-9-85-69-51-47-61-35-19-23-39-65(61)77(69)81(5,55-57-29-13-11-14-30-57)73(85)43-27-41-71-79(3,75-63-37-21-17-33-59(63)45-49-67(75)83(71)7)53-25-26-54-80(4)72(84(8)68-50-46-60-34-18-22-38-64(60)76(68)80)42-28-44-74-82(6,56-58-31-15-12-16-32-58)78-66-40-24-20-36-62(66)48-52-70(78)86(74)10-2/h11-24,27-47,49-51H,9-10,25-26,53-56H2,1-8H3/q+2. The summed E-state index contributed by atoms with van der Waals surface area (Å²) in [6.07, 6.45) is 20.5. The number of anilines is 2. The zero-order valence-electron chi connectivity index (χ0n) is 51.4. The van der Waals surface area contributed by atoms with Crippen LogP contribution in [0, 0.1) is 12.1 Å². The van der Waals surface area contributed by atoms with Crippen LogP contribution in [0.15, 0.2) is 242 Å². The first kappa shape index (κ1) is 54.9. The number of hydrogen-bond acceptors (Lipinski definition) is 2. The molecule has 0 N–H and O–H groups in total. The predicted molar refractivity (Wildman–Crippen MR) is 364 cm³/mol. The van der Waals surface area contributed by atoms with E-state index in [2.05, 4.69) is 317 Å². The molecule has 4 aliphatic rings. The highest BCUT2D eigenvalue weighted by Gasteiger charge is 2.51. The van der Waals surface area contributed by atoms with Gasteiger partial charge in [-0.05, 0) is 158 Å². The summed E-state index contributed by atoms with van der Waals surface area (Å²) in [5, 5.41) is 10.3. The van der Waals surface area contributed by atoms with Crippen LogP contribution in [0.25, 0.3) is 43.1 Å². The Morgan fingerprint density at radius 3 is 1.33 bits per heavy atom. The normalized spacial score (nSPS) is 22.5. The van der Waals surface area contributed by atoms with E-state index in [9.17, 15) is 0 Å². The average molecular weight is 1120 g/mol. The van der Waals surface area contributed by atoms with Crippen molar-refractivity contribution in [1.29, 1.82) is 0 Å². The molecule has 424 valence electrons. The predicted octanol–water partition coefficient (Wildman–Crippen LogP) is 19.1. The number of nitrogens with zero attached hydrogens (tertiary/aromatic N) is 4. The fraction of sp³-hybridized carbons (Fsp3) is 0.244. The lowest BCUT2D eigenvalue weighted by Crippen LogP contribution is -2.34. The molecule has 0 saturated heterocycles. The average Bonchev–Trinajstić information content (AvgIpc) is 4.27. The summed E-state index contributed by atoms with van der Waals surface area (Å²) in [7, 11) is 4.59. The molecule has 10 aromatic rings. The minimum absolute atomic E-state index is 0.250. The van der Waals surface area contributed by atoms with Gasteiger partial charge in [0.1, 0.15) is 13.1 Å². The summed E-state index contributed by atoms with van der Waals surface area (Å²) in [6, 6.07) is 79.2. The van der Waals surface area contributed by atoms with E-state index in [4.69, 9.17) is 0 Å². The summed E-state index contributed by atoms with van der Waals surface area (Å²) in [5.74, 6) is 0. The van der Waals surface area contributed by atoms with E-state index in [0.717, 1.165) is 62.7 Å². The van der Waals surface area contributed by atoms with Crippen LogP contribution in [0.3, 0.4) is 0 Å². The van der Waals surface area contributed by atoms with Crippen LogP contribution in [-0.2, 0) is 34.5 Å². The van der Waals surface area contributed by atoms with Crippen LogP contribution in [0.4, 0.5) is 22.7 Å². The molecule has 10 aromatic carbocycles. The Morgan fingerprint density at radius 2 is 0.826 bits per heavy atom. The van der Waals surface area contributed by atoms with Crippen molar-refractivity contribution >= 4 is 77.3 Å². The van der Waals surface area contributed by atoms with E-state index in [-0.39, 0.29) is 21.7 Å². The zero-order chi connectivity index (χ0) is 59.0. The largest absolute Gasteiger partial charge is 0.347 e. The van der Waals surface area contributed by atoms with Gasteiger partial charge < -0.3 is 9.80 Å². The molecule has 86 heavy (non-hydrogen) atoms. The Bertz CT molecular complexity index is 4250. The second-order valence-electron chi connectivity index (χ2n) is 25.6. The van der Waals surface area contributed by atoms with Gasteiger partial charge in [-0.15, -0.1) is 0 Å². The van der Waals surface area contributed by atoms with E-state index >= 15 is 0 Å². The quantitative estimate of drug-likeness (QED) is 0.0749. The number of likely N-dealkylation sites (N-methyl/N-ethyl adjacent to an activating group) is 2. The van der Waals surface area contributed by atoms with Crippen LogP contribution in [0.1, 0.15) is 101 Å². The first-order valence-corrected chi connectivity index (χ1v) is 31.5. The molecule has 0 aliphatic carbocycles. The number of benzene rings is 9. The first-order chi connectivity index (χ1) is 41.9. The van der Waals surface area contributed by atoms with Crippen molar-refractivity contribution in [3.8, 4) is 0 Å². The van der Waals surface area contributed by atoms with E-state index in [1.807, 2.05) is 0 Å². The van der Waals surface area contributed by atoms with E-state index in [1.165, 1.54) is 111 Å². The Morgan fingerprint density at radius 1 is 0.407 bits per heavy atom. The van der Waals surface area contributed by atoms with Crippen molar-refractivity contribution in [3.05, 3.63) is 287 Å². The highest BCUT2D eigenvalue weighted by Crippen LogP contribution is 2.56. The van der Waals surface area contributed by atoms with Crippen molar-refractivity contribution in [2.45, 2.75) is 102 Å². The molecule has 4 unspecified atom stereocenters. The van der Waals surface area contributed by atoms with Crippen molar-refractivity contribution in [2.75, 3.05) is 37.0 Å². The molecular weight excluding hydrogens is 1040 g/mol. The van der Waals surface area contributed by atoms with Gasteiger partial charge in [0.2, 0.25) is 5.69 Å². The summed E-state index contributed by atoms with van der Waals surface area (Å²) >= 11 is 0. The fourth-order valence-corrected chi connectivity index (χ4v) is 16.6. The lowest BCUT2D eigenvalue weighted by Gasteiger charge is -2.32. The summed E-state index contributed by atoms with van der Waals surface area (Å²) in [5.41, 5.74) is 17.7. The first-order valence-electron chi connectivity index (χ1n) is 31.5. The molecule has 0 fully saturated rings. The van der Waals surface area contributed by atoms with Crippen LogP contribution >= 0.6 is 0 Å². The number of allylic oxidation sites excluding steroid dienone is 8. The highest BCUT2D eigenvalue weighted by molar-refractivity contribution is 6.09. The molecule has 4 nitrogen and oxygen atoms in total. The Balaban J connectivity index is 0.822. The highest BCUT2D eigenvalue weighted by atomic mass is 15.2. The number of rotatable bonds is 15. The molecule has 0 saturated carbocycles. The van der Waals surface area contributed by atoms with E-state index in [0.29, 0.717) is 0 Å². The van der Waals surface area contributed by atoms with Gasteiger partial charge in [0.25, 0.3) is 5.69 Å². The second kappa shape index (κ2) is 21.5. The summed E-state index contributed by atoms with van der Waals surface area (Å²) in [6.45, 7) is 16.3. The molecule has 4 heterocycles. The molecule has 4 heteroatoms. The summed E-state index contributed by atoms with van der Waals surface area (Å²) < 4.78 is 5.07. The van der Waals surface area contributed by atoms with Gasteiger partial charge >= 0.3 is 0 Å². The van der Waals surface area contributed by atoms with Gasteiger partial charge in [-0.2, -0.15) is 9.15 Å². The van der Waals surface area contributed by atoms with Crippen molar-refractivity contribution in [3.63, 3.8) is 0 Å². The molecule has 0 bridgehead atoms. The Hall–Kier alpha value is -9.04. The number of hydrogen-bond donors (Lipinski definition) is 0. The van der Waals surface area contributed by atoms with Crippen LogP contribution < -0.4 is 9.80 Å². The molecule has 14 rings (SSSR count). The molecule has 0 spiro atoms. The minimum atomic E-state index is -0.302. The van der Waals surface area contributed by atoms with Crippen molar-refractivity contribution in [1.82, 2.24) is 0 Å². The molecule has 0 amide bonds. The van der Waals surface area contributed by atoms with Crippen molar-refractivity contribution in [2.24, 2.45) is 0 Å². The smallest absolute Gasteiger partial charge is 0.262 e. The van der Waals surface area contributed by atoms with Gasteiger partial charge in [0.05, 0.1) is 16.4 Å². The van der Waals surface area contributed by atoms with Gasteiger partial charge in [0.15, 0.2) is 11.4 Å². The molecular formula is C82H78N4+2. The third-order valence-corrected chi connectivity index (χ3v) is 20.6. The van der Waals surface area contributed by atoms with Gasteiger partial charge in [-0.1, -0.05) is 195 Å². The molecule has 0 aromatic heterocycles. The van der Waals surface area contributed by atoms with E-state index < -0.39 is 0 Å². The SMILES string of the molecule is CC[N+]1=C(C=CC=C2N(C)c3ccc4ccccc4c3C2(C)CCCCC2(C)C(=CC=CC3=[N+](CC)c4ccc5ccccc5c4C3(C)Cc3ccccc3)N(C)c3ccc4ccccc4c32)C(C)(Cc2ccccc2)c2c1c#cc1ccccc21. The van der Waals surface area contributed by atoms with E-state index in [1.54, 1.807) is 0 Å². The third-order valence-electron chi connectivity index (χ3n) is 20.6. The maximum Gasteiger partial charge on any atom is 0.262 e. The third kappa shape index (κ3) is 8.63. The minimum Gasteiger partial charge on any atom is -0.347 e. The zero-order valence-corrected chi connectivity index (χ0v) is 51.4. The van der Waals surface area contributed by atoms with Crippen molar-refractivity contribution < 1.29 is 9.15 Å². The summed E-state index contributed by atoms with van der Waals surface area (Å²) in [4.78, 5) is 5.00. The molecule has 4 atom stereocenters. The molecule has 4 aliphatic heterocycles. The van der Waals surface area contributed by atoms with Gasteiger partial charge in [-0.25, -0.2) is 0 Å². The monoisotopic (exact) mass is 1120 g/mol. The maximum atomic E-state index is 3.67. The van der Waals surface area contributed by atoms with Crippen LogP contribution in [-0.4, -0.2) is 47.8 Å². The lowest BCUT2D eigenvalue weighted by molar-refractivity contribution is -0.433. The number of unbranched alkanes of at least 4 members (excludes halogenated alkanes) is 1. The van der Waals surface area contributed by atoms with Crippen LogP contribution in [0.5, 0.6) is 0 Å².